The number of rotatable bonds is 9. The zero-order chi connectivity index (χ0) is 23.4. The van der Waals surface area contributed by atoms with Crippen LogP contribution in [0, 0.1) is 0 Å². The molecule has 0 saturated heterocycles. The van der Waals surface area contributed by atoms with E-state index < -0.39 is 0 Å². The van der Waals surface area contributed by atoms with Gasteiger partial charge in [-0.25, -0.2) is 0 Å². The largest absolute Gasteiger partial charge is 0.494 e. The molecule has 0 fully saturated rings. The first-order valence-electron chi connectivity index (χ1n) is 11.2. The van der Waals surface area contributed by atoms with Crippen LogP contribution in [-0.2, 0) is 16.1 Å². The van der Waals surface area contributed by atoms with Gasteiger partial charge >= 0.3 is 0 Å². The first kappa shape index (κ1) is 22.4. The van der Waals surface area contributed by atoms with Gasteiger partial charge in [0.15, 0.2) is 0 Å². The van der Waals surface area contributed by atoms with E-state index in [4.69, 9.17) is 9.15 Å². The van der Waals surface area contributed by atoms with Crippen molar-refractivity contribution in [3.8, 4) is 5.75 Å². The quantitative estimate of drug-likeness (QED) is 0.436. The van der Waals surface area contributed by atoms with Crippen LogP contribution in [-0.4, -0.2) is 23.3 Å². The molecule has 0 radical (unpaired) electrons. The van der Waals surface area contributed by atoms with Crippen LogP contribution in [0.5, 0.6) is 5.75 Å². The normalized spacial score (nSPS) is 13.9. The lowest BCUT2D eigenvalue weighted by molar-refractivity contribution is -0.137. The Hall–Kier alpha value is -3.80. The summed E-state index contributed by atoms with van der Waals surface area (Å²) in [7, 11) is 0. The second-order valence-electron chi connectivity index (χ2n) is 8.30. The Bertz CT molecular complexity index is 1140. The van der Waals surface area contributed by atoms with E-state index >= 15 is 0 Å². The Morgan fingerprint density at radius 2 is 1.70 bits per heavy atom. The molecular weight excluding hydrogens is 416 g/mol. The van der Waals surface area contributed by atoms with Gasteiger partial charge in [0.1, 0.15) is 17.2 Å². The highest BCUT2D eigenvalue weighted by Gasteiger charge is 2.39. The van der Waals surface area contributed by atoms with Gasteiger partial charge in [0.25, 0.3) is 11.8 Å². The minimum Gasteiger partial charge on any atom is -0.494 e. The number of nitrogens with one attached hydrogen (secondary N) is 1. The smallest absolute Gasteiger partial charge is 0.278 e. The molecule has 2 aromatic carbocycles. The fourth-order valence-corrected chi connectivity index (χ4v) is 3.70. The SMILES string of the molecule is CCCOc1ccc(C2=C(Nc3ccc(C(C)C)cc3)C(=O)N(Cc3ccco3)C2=O)cc1. The summed E-state index contributed by atoms with van der Waals surface area (Å²) >= 11 is 0. The van der Waals surface area contributed by atoms with Gasteiger partial charge in [0, 0.05) is 5.69 Å². The number of anilines is 1. The van der Waals surface area contributed by atoms with Gasteiger partial charge in [-0.2, -0.15) is 0 Å². The molecule has 1 N–H and O–H groups in total. The van der Waals surface area contributed by atoms with E-state index in [-0.39, 0.29) is 24.1 Å². The molecule has 1 aliphatic rings. The van der Waals surface area contributed by atoms with Crippen LogP contribution in [0.4, 0.5) is 5.69 Å². The topological polar surface area (TPSA) is 71.8 Å². The molecule has 6 heteroatoms. The number of hydrogen-bond donors (Lipinski definition) is 1. The Morgan fingerprint density at radius 3 is 2.30 bits per heavy atom. The summed E-state index contributed by atoms with van der Waals surface area (Å²) in [6.45, 7) is 6.99. The lowest BCUT2D eigenvalue weighted by atomic mass is 10.0. The lowest BCUT2D eigenvalue weighted by Gasteiger charge is -2.14. The predicted molar refractivity (Wildman–Crippen MR) is 128 cm³/mol. The van der Waals surface area contributed by atoms with Crippen LogP contribution in [0.2, 0.25) is 0 Å². The van der Waals surface area contributed by atoms with E-state index in [1.807, 2.05) is 55.5 Å². The van der Waals surface area contributed by atoms with E-state index in [0.717, 1.165) is 17.9 Å². The lowest BCUT2D eigenvalue weighted by Crippen LogP contribution is -2.31. The second kappa shape index (κ2) is 9.77. The third kappa shape index (κ3) is 4.85. The molecule has 1 aromatic heterocycles. The number of benzene rings is 2. The van der Waals surface area contributed by atoms with Gasteiger partial charge in [0.2, 0.25) is 0 Å². The fourth-order valence-electron chi connectivity index (χ4n) is 3.70. The molecule has 2 heterocycles. The highest BCUT2D eigenvalue weighted by molar-refractivity contribution is 6.36. The summed E-state index contributed by atoms with van der Waals surface area (Å²) in [6.07, 6.45) is 2.43. The van der Waals surface area contributed by atoms with Crippen LogP contribution in [0.1, 0.15) is 50.0 Å². The number of imide groups is 1. The number of hydrogen-bond acceptors (Lipinski definition) is 5. The van der Waals surface area contributed by atoms with Crippen LogP contribution < -0.4 is 10.1 Å². The summed E-state index contributed by atoms with van der Waals surface area (Å²) in [5.74, 6) is 0.928. The van der Waals surface area contributed by atoms with Gasteiger partial charge in [-0.3, -0.25) is 14.5 Å². The maximum atomic E-state index is 13.4. The molecule has 1 aliphatic heterocycles. The van der Waals surface area contributed by atoms with Crippen molar-refractivity contribution in [1.82, 2.24) is 4.90 Å². The molecule has 6 nitrogen and oxygen atoms in total. The second-order valence-corrected chi connectivity index (χ2v) is 8.30. The van der Waals surface area contributed by atoms with Gasteiger partial charge in [-0.1, -0.05) is 45.0 Å². The number of carbonyl (C=O) groups is 2. The average molecular weight is 445 g/mol. The van der Waals surface area contributed by atoms with Crippen molar-refractivity contribution < 1.29 is 18.7 Å². The highest BCUT2D eigenvalue weighted by atomic mass is 16.5. The third-order valence-corrected chi connectivity index (χ3v) is 5.52. The Morgan fingerprint density at radius 1 is 0.970 bits per heavy atom. The molecule has 0 saturated carbocycles. The number of ether oxygens (including phenoxy) is 1. The maximum Gasteiger partial charge on any atom is 0.278 e. The molecule has 33 heavy (non-hydrogen) atoms. The van der Waals surface area contributed by atoms with E-state index in [2.05, 4.69) is 19.2 Å². The maximum absolute atomic E-state index is 13.4. The number of nitrogens with zero attached hydrogens (tertiary/aromatic N) is 1. The average Bonchev–Trinajstić information content (AvgIpc) is 3.41. The summed E-state index contributed by atoms with van der Waals surface area (Å²) < 4.78 is 11.0. The van der Waals surface area contributed by atoms with Crippen LogP contribution in [0.15, 0.2) is 77.0 Å². The standard InChI is InChI=1S/C27H28N2O4/c1-4-15-32-22-13-9-20(10-14-22)24-25(28-21-11-7-19(8-12-21)18(2)3)27(31)29(26(24)30)17-23-6-5-16-33-23/h5-14,16,18,28H,4,15,17H2,1-3H3. The fraction of sp³-hybridized carbons (Fsp3) is 0.259. The van der Waals surface area contributed by atoms with Crippen LogP contribution >= 0.6 is 0 Å². The first-order chi connectivity index (χ1) is 16.0. The Balaban J connectivity index is 1.68. The van der Waals surface area contributed by atoms with E-state index in [1.165, 1.54) is 16.7 Å². The van der Waals surface area contributed by atoms with Crippen molar-refractivity contribution >= 4 is 23.1 Å². The van der Waals surface area contributed by atoms with E-state index in [1.54, 1.807) is 12.1 Å². The van der Waals surface area contributed by atoms with Gasteiger partial charge < -0.3 is 14.5 Å². The van der Waals surface area contributed by atoms with Crippen molar-refractivity contribution in [2.45, 2.75) is 39.7 Å². The van der Waals surface area contributed by atoms with Crippen LogP contribution in [0.3, 0.4) is 0 Å². The Kier molecular flexibility index (Phi) is 6.63. The highest BCUT2D eigenvalue weighted by Crippen LogP contribution is 2.32. The summed E-state index contributed by atoms with van der Waals surface area (Å²) in [5, 5.41) is 3.20. The minimum atomic E-state index is -0.384. The molecule has 2 amide bonds. The molecule has 3 aromatic rings. The van der Waals surface area contributed by atoms with Gasteiger partial charge in [-0.15, -0.1) is 0 Å². The first-order valence-corrected chi connectivity index (χ1v) is 11.2. The predicted octanol–water partition coefficient (Wildman–Crippen LogP) is 5.58. The van der Waals surface area contributed by atoms with E-state index in [0.29, 0.717) is 29.4 Å². The molecule has 0 aliphatic carbocycles. The van der Waals surface area contributed by atoms with Crippen molar-refractivity contribution in [3.63, 3.8) is 0 Å². The molecule has 0 unspecified atom stereocenters. The summed E-state index contributed by atoms with van der Waals surface area (Å²) in [5.41, 5.74) is 3.19. The number of amides is 2. The third-order valence-electron chi connectivity index (χ3n) is 5.52. The van der Waals surface area contributed by atoms with Crippen molar-refractivity contribution in [2.24, 2.45) is 0 Å². The molecule has 0 spiro atoms. The van der Waals surface area contributed by atoms with Crippen molar-refractivity contribution in [2.75, 3.05) is 11.9 Å². The Labute approximate surface area is 193 Å². The van der Waals surface area contributed by atoms with Crippen molar-refractivity contribution in [1.29, 1.82) is 0 Å². The molecule has 0 atom stereocenters. The summed E-state index contributed by atoms with van der Waals surface area (Å²) in [6, 6.07) is 18.6. The van der Waals surface area contributed by atoms with Crippen LogP contribution in [0.25, 0.3) is 5.57 Å². The molecule has 0 bridgehead atoms. The van der Waals surface area contributed by atoms with E-state index in [9.17, 15) is 9.59 Å². The number of furan rings is 1. The molecule has 170 valence electrons. The minimum absolute atomic E-state index is 0.0727. The molecular formula is C27H28N2O4. The zero-order valence-electron chi connectivity index (χ0n) is 19.1. The van der Waals surface area contributed by atoms with Gasteiger partial charge in [-0.05, 0) is 59.9 Å². The molecule has 4 rings (SSSR count). The van der Waals surface area contributed by atoms with Gasteiger partial charge in [0.05, 0.1) is 25.0 Å². The summed E-state index contributed by atoms with van der Waals surface area (Å²) in [4.78, 5) is 27.9. The van der Waals surface area contributed by atoms with Crippen molar-refractivity contribution in [3.05, 3.63) is 89.5 Å². The monoisotopic (exact) mass is 444 g/mol. The number of carbonyl (C=O) groups excluding carboxylic acids is 2. The zero-order valence-corrected chi connectivity index (χ0v) is 19.1.